The molecule has 6 aromatic carbocycles. The van der Waals surface area contributed by atoms with Crippen LogP contribution < -0.4 is 10.8 Å². The molecule has 12 heteroatoms. The summed E-state index contributed by atoms with van der Waals surface area (Å²) in [5, 5.41) is 22.3. The molecule has 0 heterocycles. The summed E-state index contributed by atoms with van der Waals surface area (Å²) in [6, 6.07) is 37.5. The number of carboxylic acid groups (broad SMARTS) is 2. The smallest absolute Gasteiger partial charge is 0.338 e. The molecule has 0 saturated carbocycles. The standard InChI is InChI=1S/C47H40N2O10/c1-29-21-33(13-19-41(29)48-43(50)40-25-36(16-18-39(40)45(53)54)47(56)58-27-32-11-7-4-8-12-32)23-34-14-20-42(30(2)22-34)49-59-28-37-24-35(15-17-38(37)44(51)52)46(55)57-26-31-9-5-3-6-10-31/h3-22,24-25,49H,23,26-28H2,1-2H3,(H,48,50)(H,51,52)(H,53,54). The third-order valence-corrected chi connectivity index (χ3v) is 9.38. The number of amides is 1. The molecule has 0 spiro atoms. The number of hydrogen-bond donors (Lipinski definition) is 4. The van der Waals surface area contributed by atoms with Gasteiger partial charge in [0, 0.05) is 5.69 Å². The summed E-state index contributed by atoms with van der Waals surface area (Å²) in [6.45, 7) is 3.68. The average molecular weight is 793 g/mol. The topological polar surface area (TPSA) is 178 Å². The normalized spacial score (nSPS) is 10.7. The first-order valence-corrected chi connectivity index (χ1v) is 18.5. The highest BCUT2D eigenvalue weighted by Gasteiger charge is 2.21. The first-order chi connectivity index (χ1) is 28.4. The first-order valence-electron chi connectivity index (χ1n) is 18.5. The molecule has 0 radical (unpaired) electrons. The van der Waals surface area contributed by atoms with Crippen molar-refractivity contribution in [2.45, 2.75) is 40.1 Å². The van der Waals surface area contributed by atoms with Crippen molar-refractivity contribution < 1.29 is 48.5 Å². The summed E-state index contributed by atoms with van der Waals surface area (Å²) in [4.78, 5) is 68.5. The second kappa shape index (κ2) is 19.0. The van der Waals surface area contributed by atoms with E-state index in [1.54, 1.807) is 18.2 Å². The second-order valence-corrected chi connectivity index (χ2v) is 13.7. The molecular weight excluding hydrogens is 753 g/mol. The maximum atomic E-state index is 13.4. The van der Waals surface area contributed by atoms with Crippen LogP contribution in [0.4, 0.5) is 11.4 Å². The summed E-state index contributed by atoms with van der Waals surface area (Å²) in [5.41, 5.74) is 9.26. The van der Waals surface area contributed by atoms with E-state index in [0.29, 0.717) is 23.4 Å². The van der Waals surface area contributed by atoms with Gasteiger partial charge < -0.3 is 25.0 Å². The van der Waals surface area contributed by atoms with Gasteiger partial charge in [-0.15, -0.1) is 0 Å². The van der Waals surface area contributed by atoms with Crippen molar-refractivity contribution in [3.63, 3.8) is 0 Å². The van der Waals surface area contributed by atoms with Gasteiger partial charge in [0.25, 0.3) is 5.91 Å². The number of anilines is 2. The largest absolute Gasteiger partial charge is 0.478 e. The minimum absolute atomic E-state index is 0.00434. The number of aryl methyl sites for hydroxylation is 2. The van der Waals surface area contributed by atoms with Gasteiger partial charge in [-0.3, -0.25) is 15.1 Å². The third kappa shape index (κ3) is 10.8. The number of aromatic carboxylic acids is 2. The van der Waals surface area contributed by atoms with Crippen molar-refractivity contribution in [3.05, 3.63) is 200 Å². The van der Waals surface area contributed by atoms with Crippen LogP contribution in [0.3, 0.4) is 0 Å². The molecule has 0 aliphatic carbocycles. The zero-order valence-electron chi connectivity index (χ0n) is 32.2. The van der Waals surface area contributed by atoms with Gasteiger partial charge in [-0.2, -0.15) is 0 Å². The van der Waals surface area contributed by atoms with Crippen LogP contribution in [0.2, 0.25) is 0 Å². The molecule has 0 aliphatic heterocycles. The molecule has 59 heavy (non-hydrogen) atoms. The lowest BCUT2D eigenvalue weighted by atomic mass is 9.99. The fourth-order valence-corrected chi connectivity index (χ4v) is 6.25. The summed E-state index contributed by atoms with van der Waals surface area (Å²) >= 11 is 0. The Morgan fingerprint density at radius 2 is 1.02 bits per heavy atom. The van der Waals surface area contributed by atoms with E-state index >= 15 is 0 Å². The predicted molar refractivity (Wildman–Crippen MR) is 219 cm³/mol. The Morgan fingerprint density at radius 1 is 0.508 bits per heavy atom. The molecule has 0 aromatic heterocycles. The van der Waals surface area contributed by atoms with Crippen LogP contribution in [0.5, 0.6) is 0 Å². The van der Waals surface area contributed by atoms with Crippen LogP contribution in [0.1, 0.15) is 90.7 Å². The number of carbonyl (C=O) groups excluding carboxylic acids is 3. The van der Waals surface area contributed by atoms with Gasteiger partial charge in [-0.25, -0.2) is 19.2 Å². The molecule has 1 amide bonds. The zero-order chi connectivity index (χ0) is 41.9. The minimum atomic E-state index is -1.31. The molecule has 0 bridgehead atoms. The molecular formula is C47H40N2O10. The Kier molecular flexibility index (Phi) is 13.3. The number of rotatable bonds is 16. The quantitative estimate of drug-likeness (QED) is 0.0544. The van der Waals surface area contributed by atoms with E-state index in [2.05, 4.69) is 10.8 Å². The molecule has 0 atom stereocenters. The first kappa shape index (κ1) is 41.1. The zero-order valence-corrected chi connectivity index (χ0v) is 32.2. The number of carbonyl (C=O) groups is 5. The summed E-state index contributed by atoms with van der Waals surface area (Å²) in [7, 11) is 0. The second-order valence-electron chi connectivity index (χ2n) is 13.7. The van der Waals surface area contributed by atoms with Crippen LogP contribution in [-0.2, 0) is 40.6 Å². The van der Waals surface area contributed by atoms with Crippen molar-refractivity contribution in [2.75, 3.05) is 10.8 Å². The minimum Gasteiger partial charge on any atom is -0.478 e. The maximum absolute atomic E-state index is 13.4. The van der Waals surface area contributed by atoms with Gasteiger partial charge in [-0.1, -0.05) is 84.9 Å². The Morgan fingerprint density at radius 3 is 1.54 bits per heavy atom. The summed E-state index contributed by atoms with van der Waals surface area (Å²) in [6.07, 6.45) is 0.558. The average Bonchev–Trinajstić information content (AvgIpc) is 3.24. The lowest BCUT2D eigenvalue weighted by Crippen LogP contribution is -2.18. The molecule has 6 aromatic rings. The highest BCUT2D eigenvalue weighted by atomic mass is 16.6. The number of hydrogen-bond acceptors (Lipinski definition) is 9. The van der Waals surface area contributed by atoms with Crippen LogP contribution >= 0.6 is 0 Å². The number of ether oxygens (including phenoxy) is 2. The SMILES string of the molecule is Cc1cc(Cc2ccc(NC(=O)c3cc(C(=O)OCc4ccccc4)ccc3C(=O)O)c(C)c2)ccc1NOCc1cc(C(=O)OCc2ccccc2)ccc1C(=O)O. The Hall–Kier alpha value is -7.57. The fraction of sp³-hybridized carbons (Fsp3) is 0.128. The molecule has 298 valence electrons. The van der Waals surface area contributed by atoms with Crippen molar-refractivity contribution in [3.8, 4) is 0 Å². The summed E-state index contributed by atoms with van der Waals surface area (Å²) < 4.78 is 10.8. The third-order valence-electron chi connectivity index (χ3n) is 9.38. The van der Waals surface area contributed by atoms with E-state index in [-0.39, 0.29) is 47.6 Å². The van der Waals surface area contributed by atoms with Crippen LogP contribution in [0, 0.1) is 13.8 Å². The molecule has 0 fully saturated rings. The van der Waals surface area contributed by atoms with Crippen LogP contribution in [0.15, 0.2) is 133 Å². The van der Waals surface area contributed by atoms with Gasteiger partial charge in [-0.05, 0) is 108 Å². The number of esters is 2. The van der Waals surface area contributed by atoms with Gasteiger partial charge in [0.1, 0.15) is 19.8 Å². The maximum Gasteiger partial charge on any atom is 0.338 e. The Balaban J connectivity index is 1.06. The van der Waals surface area contributed by atoms with Gasteiger partial charge >= 0.3 is 23.9 Å². The molecule has 0 aliphatic rings. The van der Waals surface area contributed by atoms with Gasteiger partial charge in [0.2, 0.25) is 0 Å². The van der Waals surface area contributed by atoms with Crippen LogP contribution in [0.25, 0.3) is 0 Å². The van der Waals surface area contributed by atoms with E-state index in [1.165, 1.54) is 36.4 Å². The molecule has 0 saturated heterocycles. The Labute approximate surface area is 340 Å². The predicted octanol–water partition coefficient (Wildman–Crippen LogP) is 8.80. The fourth-order valence-electron chi connectivity index (χ4n) is 6.25. The van der Waals surface area contributed by atoms with E-state index < -0.39 is 29.8 Å². The molecule has 12 nitrogen and oxygen atoms in total. The van der Waals surface area contributed by atoms with E-state index in [9.17, 15) is 34.2 Å². The summed E-state index contributed by atoms with van der Waals surface area (Å²) in [5.74, 6) is -4.44. The van der Waals surface area contributed by atoms with Crippen molar-refractivity contribution in [1.82, 2.24) is 0 Å². The molecule has 4 N–H and O–H groups in total. The Bertz CT molecular complexity index is 2520. The van der Waals surface area contributed by atoms with Gasteiger partial charge in [0.15, 0.2) is 0 Å². The van der Waals surface area contributed by atoms with E-state index in [1.807, 2.05) is 92.7 Å². The van der Waals surface area contributed by atoms with Crippen molar-refractivity contribution in [1.29, 1.82) is 0 Å². The number of nitrogens with one attached hydrogen (secondary N) is 2. The van der Waals surface area contributed by atoms with E-state index in [4.69, 9.17) is 14.3 Å². The van der Waals surface area contributed by atoms with Gasteiger partial charge in [0.05, 0.1) is 33.5 Å². The number of carboxylic acids is 2. The van der Waals surface area contributed by atoms with Crippen molar-refractivity contribution in [2.24, 2.45) is 0 Å². The highest BCUT2D eigenvalue weighted by Crippen LogP contribution is 2.24. The lowest BCUT2D eigenvalue weighted by molar-refractivity contribution is 0.0463. The molecule has 0 unspecified atom stereocenters. The lowest BCUT2D eigenvalue weighted by Gasteiger charge is -2.14. The number of benzene rings is 6. The van der Waals surface area contributed by atoms with Crippen molar-refractivity contribution >= 4 is 41.2 Å². The van der Waals surface area contributed by atoms with Crippen LogP contribution in [-0.4, -0.2) is 40.0 Å². The van der Waals surface area contributed by atoms with E-state index in [0.717, 1.165) is 33.4 Å². The monoisotopic (exact) mass is 792 g/mol. The molecule has 6 rings (SSSR count). The highest BCUT2D eigenvalue weighted by molar-refractivity contribution is 6.12.